The Balaban J connectivity index is 1.62. The molecule has 34 heavy (non-hydrogen) atoms. The summed E-state index contributed by atoms with van der Waals surface area (Å²) in [6, 6.07) is 5.75. The summed E-state index contributed by atoms with van der Waals surface area (Å²) >= 11 is 1.75. The van der Waals surface area contributed by atoms with Gasteiger partial charge in [-0.15, -0.1) is 0 Å². The van der Waals surface area contributed by atoms with Gasteiger partial charge in [-0.1, -0.05) is 0 Å². The summed E-state index contributed by atoms with van der Waals surface area (Å²) in [4.78, 5) is 25.2. The molecule has 1 aliphatic carbocycles. The van der Waals surface area contributed by atoms with E-state index >= 15 is 0 Å². The lowest BCUT2D eigenvalue weighted by Crippen LogP contribution is -2.44. The number of fused-ring (bicyclic) bond motifs is 3. The Morgan fingerprint density at radius 1 is 1.21 bits per heavy atom. The van der Waals surface area contributed by atoms with Crippen LogP contribution >= 0.6 is 11.9 Å². The van der Waals surface area contributed by atoms with Crippen LogP contribution in [0.2, 0.25) is 0 Å². The molecule has 1 fully saturated rings. The molecule has 0 saturated heterocycles. The lowest BCUT2D eigenvalue weighted by atomic mass is 9.95. The molecular formula is C25H28N4O4S. The lowest BCUT2D eigenvalue weighted by molar-refractivity contribution is 0.0523. The molecule has 1 saturated carbocycles. The summed E-state index contributed by atoms with van der Waals surface area (Å²) in [5, 5.41) is 7.30. The zero-order valence-corrected chi connectivity index (χ0v) is 20.6. The van der Waals surface area contributed by atoms with Crippen molar-refractivity contribution in [3.63, 3.8) is 0 Å². The van der Waals surface area contributed by atoms with Crippen LogP contribution in [-0.2, 0) is 11.3 Å². The molecule has 1 aliphatic heterocycles. The summed E-state index contributed by atoms with van der Waals surface area (Å²) in [5.74, 6) is 0.104. The number of pyridine rings is 1. The molecule has 5 rings (SSSR count). The topological polar surface area (TPSA) is 78.6 Å². The van der Waals surface area contributed by atoms with E-state index in [2.05, 4.69) is 30.0 Å². The lowest BCUT2D eigenvalue weighted by Gasteiger charge is -2.38. The fourth-order valence-electron chi connectivity index (χ4n) is 4.20. The molecule has 1 aromatic carbocycles. The third-order valence-corrected chi connectivity index (χ3v) is 7.27. The Labute approximate surface area is 202 Å². The van der Waals surface area contributed by atoms with E-state index in [1.807, 2.05) is 27.2 Å². The Bertz CT molecular complexity index is 1310. The normalized spacial score (nSPS) is 14.7. The second-order valence-corrected chi connectivity index (χ2v) is 10.1. The number of aromatic nitrogens is 3. The van der Waals surface area contributed by atoms with Gasteiger partial charge in [0.05, 0.1) is 32.2 Å². The van der Waals surface area contributed by atoms with E-state index in [9.17, 15) is 9.59 Å². The Morgan fingerprint density at radius 3 is 2.68 bits per heavy atom. The molecule has 0 spiro atoms. The number of ether oxygens (including phenoxy) is 2. The van der Waals surface area contributed by atoms with Crippen LogP contribution in [0, 0.1) is 0 Å². The summed E-state index contributed by atoms with van der Waals surface area (Å²) in [5.41, 5.74) is 4.33. The zero-order valence-electron chi connectivity index (χ0n) is 19.8. The van der Waals surface area contributed by atoms with E-state index in [-0.39, 0.29) is 23.6 Å². The number of esters is 1. The first-order valence-electron chi connectivity index (χ1n) is 11.5. The van der Waals surface area contributed by atoms with Crippen molar-refractivity contribution in [2.45, 2.75) is 51.4 Å². The Kier molecular flexibility index (Phi) is 5.89. The van der Waals surface area contributed by atoms with E-state index in [4.69, 9.17) is 9.47 Å². The maximum atomic E-state index is 12.9. The third kappa shape index (κ3) is 4.09. The number of carbonyl (C=O) groups excluding carboxylic acids is 1. The van der Waals surface area contributed by atoms with Gasteiger partial charge in [0.2, 0.25) is 0 Å². The highest BCUT2D eigenvalue weighted by atomic mass is 32.2. The quantitative estimate of drug-likeness (QED) is 0.472. The molecule has 178 valence electrons. The molecule has 3 heterocycles. The van der Waals surface area contributed by atoms with Gasteiger partial charge in [0.1, 0.15) is 11.3 Å². The van der Waals surface area contributed by atoms with Crippen LogP contribution in [0.5, 0.6) is 5.75 Å². The summed E-state index contributed by atoms with van der Waals surface area (Å²) in [6.45, 7) is 6.73. The van der Waals surface area contributed by atoms with Crippen LogP contribution in [-0.4, -0.2) is 44.8 Å². The van der Waals surface area contributed by atoms with Crippen LogP contribution in [0.3, 0.4) is 0 Å². The third-order valence-electron chi connectivity index (χ3n) is 6.09. The number of hydrogen-bond acceptors (Lipinski definition) is 7. The maximum absolute atomic E-state index is 12.9. The average molecular weight is 481 g/mol. The van der Waals surface area contributed by atoms with E-state index in [1.165, 1.54) is 18.9 Å². The summed E-state index contributed by atoms with van der Waals surface area (Å²) in [7, 11) is 1.65. The molecule has 0 radical (unpaired) electrons. The van der Waals surface area contributed by atoms with Crippen LogP contribution in [0.15, 0.2) is 41.6 Å². The summed E-state index contributed by atoms with van der Waals surface area (Å²) in [6.07, 6.45) is 7.98. The highest BCUT2D eigenvalue weighted by Crippen LogP contribution is 2.40. The smallest absolute Gasteiger partial charge is 0.343 e. The monoisotopic (exact) mass is 480 g/mol. The first-order chi connectivity index (χ1) is 16.4. The van der Waals surface area contributed by atoms with E-state index < -0.39 is 5.97 Å². The number of nitrogens with zero attached hydrogens (tertiary/aromatic N) is 4. The fourth-order valence-corrected chi connectivity index (χ4v) is 5.13. The number of hydrogen-bond donors (Lipinski definition) is 0. The predicted octanol–water partition coefficient (Wildman–Crippen LogP) is 4.08. The fraction of sp³-hybridized carbons (Fsp3) is 0.400. The van der Waals surface area contributed by atoms with Crippen molar-refractivity contribution in [2.24, 2.45) is 0 Å². The Hall–Kier alpha value is -3.20. The minimum atomic E-state index is -0.605. The molecule has 3 aromatic rings. The van der Waals surface area contributed by atoms with E-state index in [0.29, 0.717) is 17.5 Å². The molecular weight excluding hydrogens is 452 g/mol. The minimum absolute atomic E-state index is 0.0314. The second-order valence-electron chi connectivity index (χ2n) is 8.84. The first kappa shape index (κ1) is 22.6. The van der Waals surface area contributed by atoms with Crippen LogP contribution in [0.4, 0.5) is 0 Å². The largest absolute Gasteiger partial charge is 0.496 e. The van der Waals surface area contributed by atoms with Crippen LogP contribution < -0.4 is 15.2 Å². The maximum Gasteiger partial charge on any atom is 0.343 e. The van der Waals surface area contributed by atoms with Gasteiger partial charge in [0, 0.05) is 46.4 Å². The highest BCUT2D eigenvalue weighted by Gasteiger charge is 2.28. The SMILES string of the molecule is CCOC(=O)c1cn2c(cc1=O)-c1cc(OC)c(-c3cnn(SC4CC4)c3)cc1CN2C(C)C. The van der Waals surface area contributed by atoms with Gasteiger partial charge >= 0.3 is 5.97 Å². The average Bonchev–Trinajstić information content (AvgIpc) is 3.51. The van der Waals surface area contributed by atoms with E-state index in [0.717, 1.165) is 27.9 Å². The number of benzene rings is 1. The molecule has 0 N–H and O–H groups in total. The van der Waals surface area contributed by atoms with Gasteiger partial charge in [-0.3, -0.25) is 9.47 Å². The van der Waals surface area contributed by atoms with Gasteiger partial charge in [-0.25, -0.2) is 8.88 Å². The van der Waals surface area contributed by atoms with Gasteiger partial charge < -0.3 is 14.5 Å². The molecule has 8 nitrogen and oxygen atoms in total. The van der Waals surface area contributed by atoms with Crippen molar-refractivity contribution in [1.82, 2.24) is 13.9 Å². The van der Waals surface area contributed by atoms with Gasteiger partial charge in [0.15, 0.2) is 5.43 Å². The van der Waals surface area contributed by atoms with Gasteiger partial charge in [-0.2, -0.15) is 5.10 Å². The molecule has 0 atom stereocenters. The molecule has 2 aromatic heterocycles. The van der Waals surface area contributed by atoms with Crippen molar-refractivity contribution in [2.75, 3.05) is 18.7 Å². The van der Waals surface area contributed by atoms with Gasteiger partial charge in [-0.05, 0) is 63.3 Å². The van der Waals surface area contributed by atoms with Crippen LogP contribution in [0.25, 0.3) is 22.4 Å². The van der Waals surface area contributed by atoms with Crippen molar-refractivity contribution in [1.29, 1.82) is 0 Å². The van der Waals surface area contributed by atoms with Crippen molar-refractivity contribution >= 4 is 17.9 Å². The molecule has 0 amide bonds. The number of carbonyl (C=O) groups is 1. The number of methoxy groups -OCH3 is 1. The molecule has 0 unspecified atom stereocenters. The minimum Gasteiger partial charge on any atom is -0.496 e. The predicted molar refractivity (Wildman–Crippen MR) is 133 cm³/mol. The van der Waals surface area contributed by atoms with Gasteiger partial charge in [0.25, 0.3) is 0 Å². The highest BCUT2D eigenvalue weighted by molar-refractivity contribution is 7.98. The standard InChI is InChI=1S/C25H28N4O4S/c1-5-33-25(31)21-14-28-22(10-23(21)30)19-9-24(32-4)20(8-16(19)12-27(28)15(2)3)17-11-26-29(13-17)34-18-6-7-18/h8-11,13-15,18H,5-7,12H2,1-4H3. The number of rotatable bonds is 7. The van der Waals surface area contributed by atoms with Crippen molar-refractivity contribution in [3.05, 3.63) is 58.1 Å². The van der Waals surface area contributed by atoms with E-state index in [1.54, 1.807) is 32.2 Å². The molecule has 2 aliphatic rings. The molecule has 0 bridgehead atoms. The second kappa shape index (κ2) is 8.87. The summed E-state index contributed by atoms with van der Waals surface area (Å²) < 4.78 is 14.7. The zero-order chi connectivity index (χ0) is 24.0. The molecule has 9 heteroatoms. The van der Waals surface area contributed by atoms with Crippen molar-refractivity contribution < 1.29 is 14.3 Å². The van der Waals surface area contributed by atoms with Crippen molar-refractivity contribution in [3.8, 4) is 28.1 Å². The Morgan fingerprint density at radius 2 is 2.00 bits per heavy atom. The van der Waals surface area contributed by atoms with Crippen LogP contribution in [0.1, 0.15) is 49.5 Å². The first-order valence-corrected chi connectivity index (χ1v) is 12.4.